The van der Waals surface area contributed by atoms with E-state index in [2.05, 4.69) is 55.2 Å². The number of carbonyl (C=O) groups excluding carboxylic acids is 2. The molecule has 3 amide bonds. The zero-order valence-electron chi connectivity index (χ0n) is 18.4. The van der Waals surface area contributed by atoms with E-state index in [9.17, 15) is 9.59 Å². The minimum atomic E-state index is -0.758. The van der Waals surface area contributed by atoms with Crippen molar-refractivity contribution >= 4 is 11.9 Å². The molecule has 160 valence electrons. The molecule has 5 nitrogen and oxygen atoms in total. The molecule has 0 radical (unpaired) electrons. The molecule has 1 aromatic carbocycles. The van der Waals surface area contributed by atoms with Crippen LogP contribution in [0.25, 0.3) is 0 Å². The molecule has 0 unspecified atom stereocenters. The van der Waals surface area contributed by atoms with Gasteiger partial charge >= 0.3 is 6.03 Å². The Hall–Kier alpha value is -2.66. The van der Waals surface area contributed by atoms with Crippen LogP contribution in [-0.4, -0.2) is 47.9 Å². The molecule has 5 heteroatoms. The van der Waals surface area contributed by atoms with Crippen molar-refractivity contribution < 1.29 is 9.59 Å². The molecule has 2 aliphatic rings. The van der Waals surface area contributed by atoms with Crippen LogP contribution in [-0.2, 0) is 10.3 Å². The van der Waals surface area contributed by atoms with E-state index in [-0.39, 0.29) is 17.5 Å². The van der Waals surface area contributed by atoms with E-state index in [1.165, 1.54) is 10.5 Å². The number of rotatable bonds is 7. The second-order valence-electron chi connectivity index (χ2n) is 8.64. The molecule has 30 heavy (non-hydrogen) atoms. The van der Waals surface area contributed by atoms with E-state index in [1.807, 2.05) is 31.2 Å². The molecule has 1 heterocycles. The van der Waals surface area contributed by atoms with Crippen LogP contribution in [0.5, 0.6) is 0 Å². The van der Waals surface area contributed by atoms with Crippen molar-refractivity contribution in [2.24, 2.45) is 0 Å². The number of nitrogens with zero attached hydrogens (tertiary/aromatic N) is 2. The minimum absolute atomic E-state index is 0.0673. The molecule has 1 saturated carbocycles. The normalized spacial score (nSPS) is 27.3. The van der Waals surface area contributed by atoms with Gasteiger partial charge in [0, 0.05) is 12.1 Å². The highest BCUT2D eigenvalue weighted by molar-refractivity contribution is 6.07. The Bertz CT molecular complexity index is 846. The lowest BCUT2D eigenvalue weighted by Gasteiger charge is -2.48. The van der Waals surface area contributed by atoms with Crippen LogP contribution in [0.4, 0.5) is 4.79 Å². The van der Waals surface area contributed by atoms with Gasteiger partial charge in [0.25, 0.3) is 5.91 Å². The van der Waals surface area contributed by atoms with Gasteiger partial charge in [0.15, 0.2) is 0 Å². The SMILES string of the molecule is C=C/C=C\C=C(/C)CCN1C(=O)N[C@]2(CC[C@@](c3ccccc3)(N(C)C)CC2)C1=O. The lowest BCUT2D eigenvalue weighted by Crippen LogP contribution is -2.55. The highest BCUT2D eigenvalue weighted by Crippen LogP contribution is 2.46. The Morgan fingerprint density at radius 2 is 1.80 bits per heavy atom. The molecule has 3 rings (SSSR count). The molecule has 1 saturated heterocycles. The summed E-state index contributed by atoms with van der Waals surface area (Å²) in [5.41, 5.74) is 1.52. The first-order valence-electron chi connectivity index (χ1n) is 10.7. The Morgan fingerprint density at radius 3 is 2.40 bits per heavy atom. The molecule has 2 fully saturated rings. The predicted octanol–water partition coefficient (Wildman–Crippen LogP) is 4.39. The summed E-state index contributed by atoms with van der Waals surface area (Å²) in [4.78, 5) is 29.6. The maximum absolute atomic E-state index is 13.3. The number of hydrogen-bond acceptors (Lipinski definition) is 3. The van der Waals surface area contributed by atoms with Gasteiger partial charge in [-0.3, -0.25) is 14.6 Å². The molecular formula is C25H33N3O2. The summed E-state index contributed by atoms with van der Waals surface area (Å²) < 4.78 is 0. The topological polar surface area (TPSA) is 52.7 Å². The van der Waals surface area contributed by atoms with Gasteiger partial charge in [0.1, 0.15) is 5.54 Å². The van der Waals surface area contributed by atoms with Gasteiger partial charge in [0.2, 0.25) is 0 Å². The van der Waals surface area contributed by atoms with Crippen LogP contribution in [0.15, 0.2) is 66.8 Å². The molecular weight excluding hydrogens is 374 g/mol. The van der Waals surface area contributed by atoms with Gasteiger partial charge in [-0.1, -0.05) is 66.8 Å². The summed E-state index contributed by atoms with van der Waals surface area (Å²) in [6.07, 6.45) is 11.1. The number of amides is 3. The van der Waals surface area contributed by atoms with Crippen LogP contribution in [0.3, 0.4) is 0 Å². The minimum Gasteiger partial charge on any atom is -0.323 e. The molecule has 0 aromatic heterocycles. The summed E-state index contributed by atoms with van der Waals surface area (Å²) in [6.45, 7) is 6.07. The highest BCUT2D eigenvalue weighted by Gasteiger charge is 2.55. The number of carbonyl (C=O) groups is 2. The Balaban J connectivity index is 1.71. The lowest BCUT2D eigenvalue weighted by atomic mass is 9.68. The van der Waals surface area contributed by atoms with Crippen molar-refractivity contribution in [2.45, 2.75) is 50.1 Å². The first-order chi connectivity index (χ1) is 14.3. The van der Waals surface area contributed by atoms with Gasteiger partial charge in [-0.2, -0.15) is 0 Å². The average Bonchev–Trinajstić information content (AvgIpc) is 2.97. The number of hydrogen-bond donors (Lipinski definition) is 1. The van der Waals surface area contributed by atoms with Crippen molar-refractivity contribution in [3.8, 4) is 0 Å². The van der Waals surface area contributed by atoms with E-state index in [0.717, 1.165) is 18.4 Å². The van der Waals surface area contributed by atoms with Crippen LogP contribution in [0, 0.1) is 0 Å². The van der Waals surface area contributed by atoms with E-state index >= 15 is 0 Å². The fourth-order valence-corrected chi connectivity index (χ4v) is 4.72. The Labute approximate surface area is 180 Å². The summed E-state index contributed by atoms with van der Waals surface area (Å²) in [7, 11) is 4.20. The average molecular weight is 408 g/mol. The largest absolute Gasteiger partial charge is 0.325 e. The monoisotopic (exact) mass is 407 g/mol. The molecule has 0 bridgehead atoms. The van der Waals surface area contributed by atoms with E-state index in [0.29, 0.717) is 25.8 Å². The first-order valence-corrected chi connectivity index (χ1v) is 10.7. The summed E-state index contributed by atoms with van der Waals surface area (Å²) in [5, 5.41) is 3.05. The molecule has 1 aromatic rings. The summed E-state index contributed by atoms with van der Waals surface area (Å²) >= 11 is 0. The molecule has 1 spiro atoms. The van der Waals surface area contributed by atoms with Crippen molar-refractivity contribution in [2.75, 3.05) is 20.6 Å². The summed E-state index contributed by atoms with van der Waals surface area (Å²) in [6, 6.07) is 10.2. The van der Waals surface area contributed by atoms with Gasteiger partial charge in [-0.25, -0.2) is 4.79 Å². The first kappa shape index (κ1) is 22.0. The third kappa shape index (κ3) is 4.12. The number of nitrogens with one attached hydrogen (secondary N) is 1. The predicted molar refractivity (Wildman–Crippen MR) is 121 cm³/mol. The van der Waals surface area contributed by atoms with Gasteiger partial charge in [-0.15, -0.1) is 0 Å². The quantitative estimate of drug-likeness (QED) is 0.539. The maximum Gasteiger partial charge on any atom is 0.325 e. The Morgan fingerprint density at radius 1 is 1.13 bits per heavy atom. The maximum atomic E-state index is 13.3. The molecule has 1 aliphatic carbocycles. The van der Waals surface area contributed by atoms with Crippen molar-refractivity contribution in [3.63, 3.8) is 0 Å². The highest BCUT2D eigenvalue weighted by atomic mass is 16.2. The second-order valence-corrected chi connectivity index (χ2v) is 8.64. The third-order valence-electron chi connectivity index (χ3n) is 6.70. The van der Waals surface area contributed by atoms with E-state index < -0.39 is 5.54 Å². The van der Waals surface area contributed by atoms with Gasteiger partial charge < -0.3 is 5.32 Å². The number of imide groups is 1. The van der Waals surface area contributed by atoms with Crippen molar-refractivity contribution in [1.82, 2.24) is 15.1 Å². The number of allylic oxidation sites excluding steroid dienone is 4. The smallest absolute Gasteiger partial charge is 0.323 e. The van der Waals surface area contributed by atoms with Crippen LogP contribution >= 0.6 is 0 Å². The molecule has 1 aliphatic heterocycles. The molecule has 1 N–H and O–H groups in total. The van der Waals surface area contributed by atoms with Crippen molar-refractivity contribution in [3.05, 3.63) is 72.4 Å². The zero-order valence-corrected chi connectivity index (χ0v) is 18.4. The van der Waals surface area contributed by atoms with Crippen molar-refractivity contribution in [1.29, 1.82) is 0 Å². The number of benzene rings is 1. The van der Waals surface area contributed by atoms with Gasteiger partial charge in [-0.05, 0) is 58.7 Å². The van der Waals surface area contributed by atoms with E-state index in [1.54, 1.807) is 6.08 Å². The second kappa shape index (κ2) is 9.00. The van der Waals surface area contributed by atoms with Crippen LogP contribution in [0.2, 0.25) is 0 Å². The van der Waals surface area contributed by atoms with Crippen LogP contribution in [0.1, 0.15) is 44.6 Å². The van der Waals surface area contributed by atoms with Gasteiger partial charge in [0.05, 0.1) is 0 Å². The van der Waals surface area contributed by atoms with E-state index in [4.69, 9.17) is 0 Å². The fourth-order valence-electron chi connectivity index (χ4n) is 4.72. The number of urea groups is 1. The zero-order chi connectivity index (χ0) is 21.8. The fraction of sp³-hybridized carbons (Fsp3) is 0.440. The lowest BCUT2D eigenvalue weighted by molar-refractivity contribution is -0.133. The Kier molecular flexibility index (Phi) is 6.61. The third-order valence-corrected chi connectivity index (χ3v) is 6.70. The molecule has 0 atom stereocenters. The summed E-state index contributed by atoms with van der Waals surface area (Å²) in [5.74, 6) is -0.0673. The standard InChI is InChI=1S/C25H33N3O2/c1-5-6-8-11-20(2)14-19-28-22(29)24(26-23(28)30)15-17-25(18-16-24,27(3)4)21-12-9-7-10-13-21/h5-13H,1,14-19H2,2-4H3,(H,26,30)/b8-6-,20-11+/t24-,25+. The van der Waals surface area contributed by atoms with Crippen LogP contribution < -0.4 is 5.32 Å².